The molecule has 0 amide bonds. The van der Waals surface area contributed by atoms with Crippen LogP contribution in [0.3, 0.4) is 0 Å². The highest BCUT2D eigenvalue weighted by Crippen LogP contribution is 2.34. The van der Waals surface area contributed by atoms with Gasteiger partial charge in [0, 0.05) is 12.4 Å². The molecule has 0 aliphatic rings. The van der Waals surface area contributed by atoms with Gasteiger partial charge in [0.25, 0.3) is 0 Å². The molecule has 0 spiro atoms. The second-order valence-electron chi connectivity index (χ2n) is 5.51. The van der Waals surface area contributed by atoms with Crippen LogP contribution < -0.4 is 0 Å². The second-order valence-corrected chi connectivity index (χ2v) is 6.59. The van der Waals surface area contributed by atoms with Crippen LogP contribution in [0, 0.1) is 0 Å². The summed E-state index contributed by atoms with van der Waals surface area (Å²) in [5.74, 6) is 0. The molecule has 0 radical (unpaired) electrons. The van der Waals surface area contributed by atoms with Gasteiger partial charge in [0.1, 0.15) is 0 Å². The fourth-order valence-electron chi connectivity index (χ4n) is 2.66. The van der Waals surface area contributed by atoms with Crippen molar-refractivity contribution >= 4 is 11.3 Å². The lowest BCUT2D eigenvalue weighted by Gasteiger charge is -1.92. The summed E-state index contributed by atoms with van der Waals surface area (Å²) >= 11 is 1.84. The summed E-state index contributed by atoms with van der Waals surface area (Å²) in [6.07, 6.45) is 8.93. The number of hydrogen-bond acceptors (Lipinski definition) is 1. The average molecular weight is 298 g/mol. The third-order valence-electron chi connectivity index (χ3n) is 3.70. The van der Waals surface area contributed by atoms with E-state index in [-0.39, 0.29) is 0 Å². The number of H-pyrrole nitrogens is 2. The lowest BCUT2D eigenvalue weighted by molar-refractivity contribution is 0.923. The predicted molar refractivity (Wildman–Crippen MR) is 91.9 cm³/mol. The van der Waals surface area contributed by atoms with Crippen molar-refractivity contribution in [2.24, 2.45) is 0 Å². The third kappa shape index (κ3) is 3.13. The van der Waals surface area contributed by atoms with Crippen molar-refractivity contribution in [3.63, 3.8) is 0 Å². The molecule has 3 rings (SSSR count). The summed E-state index contributed by atoms with van der Waals surface area (Å²) in [6, 6.07) is 8.97. The monoisotopic (exact) mass is 298 g/mol. The number of rotatable bonds is 6. The van der Waals surface area contributed by atoms with Crippen LogP contribution in [0.15, 0.2) is 36.7 Å². The summed E-state index contributed by atoms with van der Waals surface area (Å²) in [4.78, 5) is 9.40. The first-order valence-corrected chi connectivity index (χ1v) is 8.57. The lowest BCUT2D eigenvalue weighted by Crippen LogP contribution is -1.75. The first-order valence-electron chi connectivity index (χ1n) is 7.75. The Bertz CT molecular complexity index is 643. The van der Waals surface area contributed by atoms with Gasteiger partial charge in [-0.1, -0.05) is 26.7 Å². The van der Waals surface area contributed by atoms with Gasteiger partial charge >= 0.3 is 0 Å². The predicted octanol–water partition coefficient (Wildman–Crippen LogP) is 5.64. The van der Waals surface area contributed by atoms with Crippen LogP contribution in [-0.4, -0.2) is 9.97 Å². The van der Waals surface area contributed by atoms with Crippen molar-refractivity contribution < 1.29 is 0 Å². The highest BCUT2D eigenvalue weighted by atomic mass is 32.1. The van der Waals surface area contributed by atoms with E-state index in [1.165, 1.54) is 45.1 Å². The van der Waals surface area contributed by atoms with Crippen molar-refractivity contribution in [1.29, 1.82) is 0 Å². The molecule has 3 aromatic rings. The first-order chi connectivity index (χ1) is 10.3. The zero-order chi connectivity index (χ0) is 14.7. The molecule has 2 nitrogen and oxygen atoms in total. The molecule has 0 unspecified atom stereocenters. The molecule has 0 bridgehead atoms. The van der Waals surface area contributed by atoms with E-state index in [1.54, 1.807) is 0 Å². The molecular formula is C18H22N2S. The van der Waals surface area contributed by atoms with Gasteiger partial charge in [0.05, 0.1) is 21.1 Å². The lowest BCUT2D eigenvalue weighted by atomic mass is 10.2. The summed E-state index contributed by atoms with van der Waals surface area (Å²) in [6.45, 7) is 4.43. The molecule has 0 saturated heterocycles. The van der Waals surface area contributed by atoms with Gasteiger partial charge in [-0.15, -0.1) is 11.3 Å². The molecule has 3 aromatic heterocycles. The Balaban J connectivity index is 1.81. The molecule has 3 heterocycles. The number of hydrogen-bond donors (Lipinski definition) is 2. The average Bonchev–Trinajstić information content (AvgIpc) is 3.18. The maximum atomic E-state index is 3.40. The zero-order valence-corrected chi connectivity index (χ0v) is 13.5. The van der Waals surface area contributed by atoms with Gasteiger partial charge in [0.2, 0.25) is 0 Å². The molecule has 0 fully saturated rings. The minimum atomic E-state index is 1.14. The maximum Gasteiger partial charge on any atom is 0.0558 e. The van der Waals surface area contributed by atoms with E-state index in [2.05, 4.69) is 60.5 Å². The SMILES string of the molecule is CCCc1c[nH]c(-c2ccc(-c3cc(CCC)c[nH]3)s2)c1. The van der Waals surface area contributed by atoms with Crippen molar-refractivity contribution in [2.75, 3.05) is 0 Å². The van der Waals surface area contributed by atoms with E-state index in [0.717, 1.165) is 12.8 Å². The van der Waals surface area contributed by atoms with Crippen LogP contribution in [-0.2, 0) is 12.8 Å². The summed E-state index contributed by atoms with van der Waals surface area (Å²) in [7, 11) is 0. The van der Waals surface area contributed by atoms with Crippen LogP contribution in [0.2, 0.25) is 0 Å². The minimum Gasteiger partial charge on any atom is -0.360 e. The zero-order valence-electron chi connectivity index (χ0n) is 12.7. The number of aromatic amines is 2. The van der Waals surface area contributed by atoms with Gasteiger partial charge in [-0.2, -0.15) is 0 Å². The molecule has 0 atom stereocenters. The standard InChI is InChI=1S/C18H22N2S/c1-3-5-13-9-15(19-11-13)17-7-8-18(21-17)16-10-14(6-4-2)12-20-16/h7-12,19-20H,3-6H2,1-2H3. The molecule has 110 valence electrons. The highest BCUT2D eigenvalue weighted by Gasteiger charge is 2.08. The fourth-order valence-corrected chi connectivity index (χ4v) is 3.62. The van der Waals surface area contributed by atoms with E-state index in [9.17, 15) is 0 Å². The molecule has 21 heavy (non-hydrogen) atoms. The number of thiophene rings is 1. The van der Waals surface area contributed by atoms with Crippen molar-refractivity contribution in [3.8, 4) is 21.1 Å². The van der Waals surface area contributed by atoms with Crippen LogP contribution >= 0.6 is 11.3 Å². The number of aromatic nitrogens is 2. The Labute approximate surface area is 130 Å². The van der Waals surface area contributed by atoms with E-state index in [0.29, 0.717) is 0 Å². The molecular weight excluding hydrogens is 276 g/mol. The van der Waals surface area contributed by atoms with Crippen LogP contribution in [0.5, 0.6) is 0 Å². The van der Waals surface area contributed by atoms with Crippen LogP contribution in [0.4, 0.5) is 0 Å². The van der Waals surface area contributed by atoms with Crippen LogP contribution in [0.1, 0.15) is 37.8 Å². The molecule has 2 N–H and O–H groups in total. The van der Waals surface area contributed by atoms with E-state index >= 15 is 0 Å². The van der Waals surface area contributed by atoms with E-state index in [1.807, 2.05) is 11.3 Å². The second kappa shape index (κ2) is 6.35. The van der Waals surface area contributed by atoms with Crippen molar-refractivity contribution in [3.05, 3.63) is 47.8 Å². The van der Waals surface area contributed by atoms with Gasteiger partial charge in [-0.3, -0.25) is 0 Å². The normalized spacial score (nSPS) is 11.1. The summed E-state index contributed by atoms with van der Waals surface area (Å²) < 4.78 is 0. The third-order valence-corrected chi connectivity index (χ3v) is 4.85. The Morgan fingerprint density at radius 1 is 0.810 bits per heavy atom. The highest BCUT2D eigenvalue weighted by molar-refractivity contribution is 7.18. The largest absolute Gasteiger partial charge is 0.360 e. The molecule has 0 aliphatic heterocycles. The van der Waals surface area contributed by atoms with E-state index < -0.39 is 0 Å². The minimum absolute atomic E-state index is 1.14. The summed E-state index contributed by atoms with van der Waals surface area (Å²) in [5, 5.41) is 0. The smallest absolute Gasteiger partial charge is 0.0558 e. The van der Waals surface area contributed by atoms with Gasteiger partial charge in [-0.25, -0.2) is 0 Å². The van der Waals surface area contributed by atoms with Crippen molar-refractivity contribution in [2.45, 2.75) is 39.5 Å². The Kier molecular flexibility index (Phi) is 4.30. The molecule has 0 aliphatic carbocycles. The quantitative estimate of drug-likeness (QED) is 0.590. The number of aryl methyl sites for hydroxylation is 2. The first kappa shape index (κ1) is 14.2. The Hall–Kier alpha value is -1.74. The van der Waals surface area contributed by atoms with Gasteiger partial charge in [-0.05, 0) is 48.2 Å². The molecule has 0 saturated carbocycles. The van der Waals surface area contributed by atoms with Crippen LogP contribution in [0.25, 0.3) is 21.1 Å². The van der Waals surface area contributed by atoms with Gasteiger partial charge in [0.15, 0.2) is 0 Å². The van der Waals surface area contributed by atoms with Gasteiger partial charge < -0.3 is 9.97 Å². The summed E-state index contributed by atoms with van der Waals surface area (Å²) in [5.41, 5.74) is 5.25. The molecule has 3 heteroatoms. The Morgan fingerprint density at radius 3 is 1.71 bits per heavy atom. The Morgan fingerprint density at radius 2 is 1.29 bits per heavy atom. The topological polar surface area (TPSA) is 31.6 Å². The van der Waals surface area contributed by atoms with E-state index in [4.69, 9.17) is 0 Å². The fraction of sp³-hybridized carbons (Fsp3) is 0.333. The maximum absolute atomic E-state index is 3.40. The van der Waals surface area contributed by atoms with Crippen molar-refractivity contribution in [1.82, 2.24) is 9.97 Å². The number of nitrogens with one attached hydrogen (secondary N) is 2. The molecule has 0 aromatic carbocycles.